The van der Waals surface area contributed by atoms with E-state index in [0.29, 0.717) is 0 Å². The Morgan fingerprint density at radius 1 is 1.33 bits per heavy atom. The van der Waals surface area contributed by atoms with Gasteiger partial charge in [0.1, 0.15) is 5.75 Å². The van der Waals surface area contributed by atoms with Crippen LogP contribution in [0.25, 0.3) is 6.08 Å². The van der Waals surface area contributed by atoms with E-state index in [4.69, 9.17) is 4.74 Å². The second-order valence-corrected chi connectivity index (χ2v) is 3.43. The fraction of sp³-hybridized carbons (Fsp3) is 0.357. The van der Waals surface area contributed by atoms with Crippen LogP contribution in [0.1, 0.15) is 30.5 Å². The monoisotopic (exact) mass is 202 g/mol. The molecule has 0 spiro atoms. The molecule has 0 aliphatic carbocycles. The molecule has 0 heterocycles. The van der Waals surface area contributed by atoms with Crippen LogP contribution >= 0.6 is 0 Å². The van der Waals surface area contributed by atoms with Gasteiger partial charge in [0, 0.05) is 5.56 Å². The molecule has 0 unspecified atom stereocenters. The number of benzene rings is 1. The van der Waals surface area contributed by atoms with E-state index in [0.717, 1.165) is 24.2 Å². The fourth-order valence-corrected chi connectivity index (χ4v) is 1.71. The number of rotatable bonds is 4. The standard InChI is InChI=1S/C14H18O/c1-5-8-13-10-11(6-2)9-12(7-3)14(13)15-4/h8-10H,1,6-7H2,2-4H3. The highest BCUT2D eigenvalue weighted by molar-refractivity contribution is 5.61. The average Bonchev–Trinajstić information content (AvgIpc) is 2.28. The first-order valence-corrected chi connectivity index (χ1v) is 5.32. The highest BCUT2D eigenvalue weighted by Crippen LogP contribution is 2.27. The lowest BCUT2D eigenvalue weighted by molar-refractivity contribution is 0.409. The van der Waals surface area contributed by atoms with Crippen LogP contribution in [0.2, 0.25) is 0 Å². The van der Waals surface area contributed by atoms with Gasteiger partial charge in [-0.1, -0.05) is 26.5 Å². The molecular weight excluding hydrogens is 184 g/mol. The summed E-state index contributed by atoms with van der Waals surface area (Å²) < 4.78 is 5.42. The largest absolute Gasteiger partial charge is 0.496 e. The van der Waals surface area contributed by atoms with Gasteiger partial charge >= 0.3 is 0 Å². The predicted molar refractivity (Wildman–Crippen MR) is 65.4 cm³/mol. The van der Waals surface area contributed by atoms with Gasteiger partial charge in [-0.2, -0.15) is 0 Å². The minimum atomic E-state index is 0.950. The first-order valence-electron chi connectivity index (χ1n) is 5.32. The molecule has 80 valence electrons. The Labute approximate surface area is 92.1 Å². The highest BCUT2D eigenvalue weighted by atomic mass is 16.5. The number of ether oxygens (including phenoxy) is 1. The Hall–Kier alpha value is -1.46. The maximum Gasteiger partial charge on any atom is 0.129 e. The summed E-state index contributed by atoms with van der Waals surface area (Å²) in [5.74, 6) is 0.950. The summed E-state index contributed by atoms with van der Waals surface area (Å²) in [6.45, 7) is 7.90. The lowest BCUT2D eigenvalue weighted by Crippen LogP contribution is -1.96. The molecule has 0 fully saturated rings. The van der Waals surface area contributed by atoms with Gasteiger partial charge in [0.15, 0.2) is 0 Å². The lowest BCUT2D eigenvalue weighted by atomic mass is 10.0. The summed E-state index contributed by atoms with van der Waals surface area (Å²) in [5.41, 5.74) is 6.46. The van der Waals surface area contributed by atoms with Crippen LogP contribution in [0, 0.1) is 0 Å². The topological polar surface area (TPSA) is 9.23 Å². The summed E-state index contributed by atoms with van der Waals surface area (Å²) in [6.07, 6.45) is 3.89. The first-order chi connectivity index (χ1) is 7.26. The minimum Gasteiger partial charge on any atom is -0.496 e. The van der Waals surface area contributed by atoms with Crippen molar-refractivity contribution in [1.29, 1.82) is 0 Å². The smallest absolute Gasteiger partial charge is 0.129 e. The zero-order valence-corrected chi connectivity index (χ0v) is 9.76. The number of hydrogen-bond donors (Lipinski definition) is 0. The van der Waals surface area contributed by atoms with Crippen LogP contribution in [0.3, 0.4) is 0 Å². The van der Waals surface area contributed by atoms with E-state index in [1.54, 1.807) is 7.11 Å². The van der Waals surface area contributed by atoms with E-state index in [2.05, 4.69) is 38.3 Å². The molecule has 15 heavy (non-hydrogen) atoms. The molecule has 0 aromatic heterocycles. The zero-order valence-electron chi connectivity index (χ0n) is 9.76. The molecule has 1 nitrogen and oxygen atoms in total. The Morgan fingerprint density at radius 3 is 2.53 bits per heavy atom. The van der Waals surface area contributed by atoms with E-state index in [9.17, 15) is 0 Å². The molecule has 0 saturated carbocycles. The molecule has 1 aromatic carbocycles. The van der Waals surface area contributed by atoms with Gasteiger partial charge in [0.2, 0.25) is 0 Å². The Bertz CT molecular complexity index is 385. The quantitative estimate of drug-likeness (QED) is 0.678. The van der Waals surface area contributed by atoms with Gasteiger partial charge in [-0.05, 0) is 36.1 Å². The molecule has 1 aromatic rings. The molecule has 0 radical (unpaired) electrons. The van der Waals surface area contributed by atoms with Gasteiger partial charge in [-0.3, -0.25) is 0 Å². The Kier molecular flexibility index (Phi) is 4.20. The van der Waals surface area contributed by atoms with Crippen LogP contribution in [0.4, 0.5) is 0 Å². The summed E-state index contributed by atoms with van der Waals surface area (Å²) >= 11 is 0. The van der Waals surface area contributed by atoms with E-state index in [-0.39, 0.29) is 0 Å². The van der Waals surface area contributed by atoms with E-state index < -0.39 is 0 Å². The Balaban J connectivity index is 3.38. The van der Waals surface area contributed by atoms with Gasteiger partial charge in [-0.25, -0.2) is 0 Å². The van der Waals surface area contributed by atoms with Crippen LogP contribution in [0.5, 0.6) is 5.75 Å². The van der Waals surface area contributed by atoms with Gasteiger partial charge < -0.3 is 4.74 Å². The third-order valence-electron chi connectivity index (χ3n) is 2.51. The SMILES string of the molecule is C=C=Cc1cc(CC)cc(CC)c1OC. The third kappa shape index (κ3) is 2.51. The van der Waals surface area contributed by atoms with Crippen LogP contribution < -0.4 is 4.74 Å². The molecule has 0 aliphatic heterocycles. The van der Waals surface area contributed by atoms with Crippen molar-refractivity contribution >= 4 is 6.08 Å². The van der Waals surface area contributed by atoms with Crippen molar-refractivity contribution in [1.82, 2.24) is 0 Å². The summed E-state index contributed by atoms with van der Waals surface area (Å²) in [7, 11) is 1.71. The van der Waals surface area contributed by atoms with Crippen molar-refractivity contribution in [3.8, 4) is 5.75 Å². The predicted octanol–water partition coefficient (Wildman–Crippen LogP) is 3.62. The Morgan fingerprint density at radius 2 is 2.07 bits per heavy atom. The minimum absolute atomic E-state index is 0.950. The molecule has 0 bridgehead atoms. The van der Waals surface area contributed by atoms with Crippen molar-refractivity contribution in [2.24, 2.45) is 0 Å². The maximum atomic E-state index is 5.42. The summed E-state index contributed by atoms with van der Waals surface area (Å²) in [4.78, 5) is 0. The second-order valence-electron chi connectivity index (χ2n) is 3.43. The van der Waals surface area contributed by atoms with Crippen LogP contribution in [0.15, 0.2) is 24.4 Å². The first kappa shape index (κ1) is 11.6. The van der Waals surface area contributed by atoms with Crippen molar-refractivity contribution < 1.29 is 4.74 Å². The maximum absolute atomic E-state index is 5.42. The van der Waals surface area contributed by atoms with E-state index >= 15 is 0 Å². The zero-order chi connectivity index (χ0) is 11.3. The summed E-state index contributed by atoms with van der Waals surface area (Å²) in [6, 6.07) is 4.34. The third-order valence-corrected chi connectivity index (χ3v) is 2.51. The molecule has 1 heteroatoms. The van der Waals surface area contributed by atoms with Crippen LogP contribution in [-0.4, -0.2) is 7.11 Å². The van der Waals surface area contributed by atoms with E-state index in [1.165, 1.54) is 11.1 Å². The molecular formula is C14H18O. The number of methoxy groups -OCH3 is 1. The highest BCUT2D eigenvalue weighted by Gasteiger charge is 2.07. The van der Waals surface area contributed by atoms with Gasteiger partial charge in [0.25, 0.3) is 0 Å². The number of aryl methyl sites for hydroxylation is 2. The molecule has 0 saturated heterocycles. The van der Waals surface area contributed by atoms with Crippen molar-refractivity contribution in [3.63, 3.8) is 0 Å². The molecule has 1 rings (SSSR count). The second kappa shape index (κ2) is 5.43. The van der Waals surface area contributed by atoms with Crippen LogP contribution in [-0.2, 0) is 12.8 Å². The molecule has 0 aliphatic rings. The summed E-state index contributed by atoms with van der Waals surface area (Å²) in [5, 5.41) is 0. The molecule has 0 N–H and O–H groups in total. The van der Waals surface area contributed by atoms with Gasteiger partial charge in [-0.15, -0.1) is 5.73 Å². The fourth-order valence-electron chi connectivity index (χ4n) is 1.71. The lowest BCUT2D eigenvalue weighted by Gasteiger charge is -2.12. The molecule has 0 atom stereocenters. The molecule has 0 amide bonds. The van der Waals surface area contributed by atoms with Gasteiger partial charge in [0.05, 0.1) is 7.11 Å². The van der Waals surface area contributed by atoms with Crippen molar-refractivity contribution in [3.05, 3.63) is 41.1 Å². The van der Waals surface area contributed by atoms with E-state index in [1.807, 2.05) is 6.08 Å². The van der Waals surface area contributed by atoms with Crippen molar-refractivity contribution in [2.75, 3.05) is 7.11 Å². The normalized spacial score (nSPS) is 9.53. The van der Waals surface area contributed by atoms with Crippen molar-refractivity contribution in [2.45, 2.75) is 26.7 Å². The average molecular weight is 202 g/mol. The number of hydrogen-bond acceptors (Lipinski definition) is 1.